The number of thiophene rings is 2. The molecular formula is C10H6O4S2. The molecule has 0 saturated heterocycles. The number of rotatable bonds is 3. The van der Waals surface area contributed by atoms with Crippen LogP contribution in [0.15, 0.2) is 23.6 Å². The maximum absolute atomic E-state index is 10.7. The summed E-state index contributed by atoms with van der Waals surface area (Å²) in [6.45, 7) is 0. The number of aromatic carboxylic acids is 2. The molecule has 2 heterocycles. The zero-order chi connectivity index (χ0) is 11.7. The molecule has 0 aliphatic rings. The third-order valence-electron chi connectivity index (χ3n) is 1.91. The number of hydrogen-bond donors (Lipinski definition) is 2. The van der Waals surface area contributed by atoms with Crippen LogP contribution in [0.25, 0.3) is 9.75 Å². The van der Waals surface area contributed by atoms with Crippen molar-refractivity contribution in [3.8, 4) is 9.75 Å². The molecule has 82 valence electrons. The molecule has 2 aromatic rings. The molecule has 4 nitrogen and oxygen atoms in total. The first-order valence-corrected chi connectivity index (χ1v) is 5.93. The largest absolute Gasteiger partial charge is 0.478 e. The van der Waals surface area contributed by atoms with Crippen molar-refractivity contribution in [2.75, 3.05) is 0 Å². The van der Waals surface area contributed by atoms with Crippen LogP contribution in [0.5, 0.6) is 0 Å². The summed E-state index contributed by atoms with van der Waals surface area (Å²) in [5.41, 5.74) is 0.227. The third kappa shape index (κ3) is 1.98. The van der Waals surface area contributed by atoms with Gasteiger partial charge < -0.3 is 10.2 Å². The average Bonchev–Trinajstić information content (AvgIpc) is 2.86. The van der Waals surface area contributed by atoms with E-state index in [0.29, 0.717) is 0 Å². The van der Waals surface area contributed by atoms with Gasteiger partial charge in [0.2, 0.25) is 0 Å². The van der Waals surface area contributed by atoms with Crippen molar-refractivity contribution in [2.24, 2.45) is 0 Å². The normalized spacial score (nSPS) is 10.2. The SMILES string of the molecule is O=C(O)c1csc(-c2ccc(C(=O)O)s2)c1. The van der Waals surface area contributed by atoms with E-state index in [4.69, 9.17) is 10.2 Å². The zero-order valence-electron chi connectivity index (χ0n) is 7.84. The van der Waals surface area contributed by atoms with E-state index in [-0.39, 0.29) is 10.4 Å². The summed E-state index contributed by atoms with van der Waals surface area (Å²) in [5.74, 6) is -1.94. The molecule has 16 heavy (non-hydrogen) atoms. The minimum Gasteiger partial charge on any atom is -0.478 e. The summed E-state index contributed by atoms with van der Waals surface area (Å²) in [7, 11) is 0. The smallest absolute Gasteiger partial charge is 0.345 e. The Kier molecular flexibility index (Phi) is 2.76. The van der Waals surface area contributed by atoms with Crippen LogP contribution in [0.2, 0.25) is 0 Å². The van der Waals surface area contributed by atoms with Crippen molar-refractivity contribution in [1.82, 2.24) is 0 Å². The number of carboxylic acid groups (broad SMARTS) is 2. The van der Waals surface area contributed by atoms with E-state index in [2.05, 4.69) is 0 Å². The molecule has 0 aliphatic carbocycles. The standard InChI is InChI=1S/C10H6O4S2/c11-9(12)5-3-8(15-4-5)6-1-2-7(16-6)10(13)14/h1-4H,(H,11,12)(H,13,14). The van der Waals surface area contributed by atoms with E-state index >= 15 is 0 Å². The Morgan fingerprint density at radius 2 is 1.81 bits per heavy atom. The van der Waals surface area contributed by atoms with E-state index < -0.39 is 11.9 Å². The second kappa shape index (κ2) is 4.07. The van der Waals surface area contributed by atoms with E-state index in [1.165, 1.54) is 22.8 Å². The van der Waals surface area contributed by atoms with Crippen LogP contribution >= 0.6 is 22.7 Å². The lowest BCUT2D eigenvalue weighted by Gasteiger charge is -1.88. The van der Waals surface area contributed by atoms with Gasteiger partial charge in [-0.15, -0.1) is 22.7 Å². The van der Waals surface area contributed by atoms with Gasteiger partial charge >= 0.3 is 11.9 Å². The van der Waals surface area contributed by atoms with Gasteiger partial charge in [-0.05, 0) is 18.2 Å². The van der Waals surface area contributed by atoms with Gasteiger partial charge in [0.1, 0.15) is 4.88 Å². The Morgan fingerprint density at radius 1 is 1.06 bits per heavy atom. The van der Waals surface area contributed by atoms with Crippen LogP contribution in [0.4, 0.5) is 0 Å². The third-order valence-corrected chi connectivity index (χ3v) is 4.11. The van der Waals surface area contributed by atoms with E-state index in [0.717, 1.165) is 21.1 Å². The van der Waals surface area contributed by atoms with E-state index in [1.807, 2.05) is 0 Å². The second-order valence-electron chi connectivity index (χ2n) is 2.97. The van der Waals surface area contributed by atoms with Crippen molar-refractivity contribution in [3.63, 3.8) is 0 Å². The van der Waals surface area contributed by atoms with Crippen molar-refractivity contribution < 1.29 is 19.8 Å². The first-order valence-electron chi connectivity index (χ1n) is 4.23. The van der Waals surface area contributed by atoms with Crippen molar-refractivity contribution in [2.45, 2.75) is 0 Å². The fourth-order valence-corrected chi connectivity index (χ4v) is 2.99. The zero-order valence-corrected chi connectivity index (χ0v) is 9.47. The summed E-state index contributed by atoms with van der Waals surface area (Å²) >= 11 is 2.43. The second-order valence-corrected chi connectivity index (χ2v) is 4.97. The lowest BCUT2D eigenvalue weighted by atomic mass is 10.3. The molecule has 0 bridgehead atoms. The van der Waals surface area contributed by atoms with Gasteiger partial charge in [-0.25, -0.2) is 9.59 Å². The van der Waals surface area contributed by atoms with Gasteiger partial charge in [0.15, 0.2) is 0 Å². The predicted octanol–water partition coefficient (Wildman–Crippen LogP) is 2.87. The Bertz CT molecular complexity index is 502. The predicted molar refractivity (Wildman–Crippen MR) is 61.6 cm³/mol. The van der Waals surface area contributed by atoms with Crippen molar-refractivity contribution >= 4 is 34.6 Å². The summed E-state index contributed by atoms with van der Waals surface area (Å²) in [4.78, 5) is 23.2. The first-order chi connectivity index (χ1) is 7.58. The molecule has 6 heteroatoms. The highest BCUT2D eigenvalue weighted by Crippen LogP contribution is 2.33. The minimum absolute atomic E-state index is 0.227. The fraction of sp³-hybridized carbons (Fsp3) is 0. The summed E-state index contributed by atoms with van der Waals surface area (Å²) in [5, 5.41) is 19.1. The lowest BCUT2D eigenvalue weighted by Crippen LogP contribution is -1.91. The van der Waals surface area contributed by atoms with Gasteiger partial charge in [-0.1, -0.05) is 0 Å². The molecule has 0 radical (unpaired) electrons. The molecule has 0 aliphatic heterocycles. The van der Waals surface area contributed by atoms with Crippen LogP contribution in [-0.4, -0.2) is 22.2 Å². The highest BCUT2D eigenvalue weighted by atomic mass is 32.1. The number of carbonyl (C=O) groups is 2. The molecule has 0 saturated carbocycles. The lowest BCUT2D eigenvalue weighted by molar-refractivity contribution is 0.0688. The maximum Gasteiger partial charge on any atom is 0.345 e. The Balaban J connectivity index is 2.35. The van der Waals surface area contributed by atoms with Gasteiger partial charge in [0, 0.05) is 15.1 Å². The molecule has 2 aromatic heterocycles. The first kappa shape index (κ1) is 10.8. The molecule has 0 fully saturated rings. The molecule has 0 spiro atoms. The quantitative estimate of drug-likeness (QED) is 0.883. The Labute approximate surface area is 98.4 Å². The van der Waals surface area contributed by atoms with E-state index in [1.54, 1.807) is 12.1 Å². The van der Waals surface area contributed by atoms with Crippen LogP contribution in [0, 0.1) is 0 Å². The summed E-state index contributed by atoms with van der Waals surface area (Å²) in [6.07, 6.45) is 0. The van der Waals surface area contributed by atoms with E-state index in [9.17, 15) is 9.59 Å². The van der Waals surface area contributed by atoms with Gasteiger partial charge in [0.25, 0.3) is 0 Å². The molecule has 2 N–H and O–H groups in total. The van der Waals surface area contributed by atoms with Gasteiger partial charge in [0.05, 0.1) is 5.56 Å². The monoisotopic (exact) mass is 254 g/mol. The van der Waals surface area contributed by atoms with Crippen molar-refractivity contribution in [1.29, 1.82) is 0 Å². The van der Waals surface area contributed by atoms with Crippen LogP contribution in [0.3, 0.4) is 0 Å². The molecule has 0 unspecified atom stereocenters. The number of hydrogen-bond acceptors (Lipinski definition) is 4. The highest BCUT2D eigenvalue weighted by Gasteiger charge is 2.12. The summed E-state index contributed by atoms with van der Waals surface area (Å²) < 4.78 is 0. The topological polar surface area (TPSA) is 74.6 Å². The number of carboxylic acids is 2. The molecule has 0 aromatic carbocycles. The van der Waals surface area contributed by atoms with Crippen LogP contribution in [0.1, 0.15) is 20.0 Å². The van der Waals surface area contributed by atoms with Crippen LogP contribution < -0.4 is 0 Å². The highest BCUT2D eigenvalue weighted by molar-refractivity contribution is 7.22. The maximum atomic E-state index is 10.7. The van der Waals surface area contributed by atoms with Crippen LogP contribution in [-0.2, 0) is 0 Å². The molecule has 0 atom stereocenters. The minimum atomic E-state index is -0.975. The Morgan fingerprint density at radius 3 is 2.31 bits per heavy atom. The molecule has 0 amide bonds. The summed E-state index contributed by atoms with van der Waals surface area (Å²) in [6, 6.07) is 4.75. The Hall–Kier alpha value is -1.66. The van der Waals surface area contributed by atoms with Gasteiger partial charge in [-0.3, -0.25) is 0 Å². The van der Waals surface area contributed by atoms with Gasteiger partial charge in [-0.2, -0.15) is 0 Å². The van der Waals surface area contributed by atoms with Crippen molar-refractivity contribution in [3.05, 3.63) is 34.0 Å². The average molecular weight is 254 g/mol. The fourth-order valence-electron chi connectivity index (χ4n) is 1.16. The molecular weight excluding hydrogens is 248 g/mol. The molecule has 2 rings (SSSR count).